The summed E-state index contributed by atoms with van der Waals surface area (Å²) in [6, 6.07) is 7.10. The van der Waals surface area contributed by atoms with Crippen LogP contribution in [0.5, 0.6) is 0 Å². The summed E-state index contributed by atoms with van der Waals surface area (Å²) in [7, 11) is 1.60. The summed E-state index contributed by atoms with van der Waals surface area (Å²) in [5.74, 6) is -3.13. The molecular weight excluding hydrogens is 541 g/mol. The summed E-state index contributed by atoms with van der Waals surface area (Å²) >= 11 is 0. The Morgan fingerprint density at radius 2 is 2.00 bits per heavy atom. The molecule has 1 saturated heterocycles. The Balaban J connectivity index is 1.57. The van der Waals surface area contributed by atoms with Gasteiger partial charge in [0.25, 0.3) is 5.91 Å². The van der Waals surface area contributed by atoms with E-state index in [0.29, 0.717) is 11.4 Å². The summed E-state index contributed by atoms with van der Waals surface area (Å²) in [5.41, 5.74) is -1.23. The lowest BCUT2D eigenvalue weighted by atomic mass is 9.74. The third kappa shape index (κ3) is 6.41. The van der Waals surface area contributed by atoms with Crippen LogP contribution in [0.4, 0.5) is 13.2 Å². The Bertz CT molecular complexity index is 1330. The smallest absolute Gasteiger partial charge is 0.259 e. The van der Waals surface area contributed by atoms with Gasteiger partial charge in [-0.1, -0.05) is 12.1 Å². The summed E-state index contributed by atoms with van der Waals surface area (Å²) < 4.78 is 46.7. The zero-order valence-electron chi connectivity index (χ0n) is 23.1. The number of halogens is 3. The Morgan fingerprint density at radius 3 is 2.66 bits per heavy atom. The van der Waals surface area contributed by atoms with Crippen LogP contribution < -0.4 is 10.6 Å². The van der Waals surface area contributed by atoms with E-state index in [1.54, 1.807) is 45.3 Å². The van der Waals surface area contributed by atoms with E-state index < -0.39 is 53.2 Å². The van der Waals surface area contributed by atoms with Gasteiger partial charge in [-0.2, -0.15) is 5.10 Å². The Hall–Kier alpha value is -3.84. The highest BCUT2D eigenvalue weighted by Crippen LogP contribution is 2.38. The molecule has 0 radical (unpaired) electrons. The average molecular weight is 575 g/mol. The van der Waals surface area contributed by atoms with Gasteiger partial charge in [0.15, 0.2) is 6.80 Å². The predicted octanol–water partition coefficient (Wildman–Crippen LogP) is 1.95. The molecule has 10 nitrogen and oxygen atoms in total. The van der Waals surface area contributed by atoms with Gasteiger partial charge < -0.3 is 20.3 Å². The summed E-state index contributed by atoms with van der Waals surface area (Å²) in [6.07, 6.45) is 1.90. The topological polar surface area (TPSA) is 116 Å². The number of ether oxygens (including phenoxy) is 1. The second-order valence-corrected chi connectivity index (χ2v) is 10.6. The number of pyridine rings is 1. The predicted molar refractivity (Wildman–Crippen MR) is 143 cm³/mol. The maximum atomic E-state index is 14.1. The lowest BCUT2D eigenvalue weighted by Crippen LogP contribution is -2.62. The van der Waals surface area contributed by atoms with Gasteiger partial charge in [0.2, 0.25) is 11.8 Å². The number of amides is 3. The first-order valence-electron chi connectivity index (χ1n) is 13.2. The van der Waals surface area contributed by atoms with E-state index in [-0.39, 0.29) is 44.7 Å². The lowest BCUT2D eigenvalue weighted by molar-refractivity contribution is -0.145. The molecule has 220 valence electrons. The minimum Gasteiger partial charge on any atom is -0.374 e. The average Bonchev–Trinajstić information content (AvgIpc) is 3.23. The lowest BCUT2D eigenvalue weighted by Gasteiger charge is -2.40. The summed E-state index contributed by atoms with van der Waals surface area (Å²) in [4.78, 5) is 46.0. The number of nitrogens with zero attached hydrogens (tertiary/aromatic N) is 4. The van der Waals surface area contributed by atoms with Gasteiger partial charge in [-0.3, -0.25) is 19.4 Å². The monoisotopic (exact) mass is 574 g/mol. The van der Waals surface area contributed by atoms with Crippen LogP contribution in [0.15, 0.2) is 47.7 Å². The second-order valence-electron chi connectivity index (χ2n) is 10.6. The van der Waals surface area contributed by atoms with Gasteiger partial charge in [0, 0.05) is 49.5 Å². The molecule has 2 aromatic rings. The minimum atomic E-state index is -1.31. The van der Waals surface area contributed by atoms with E-state index in [1.165, 1.54) is 11.0 Å². The van der Waals surface area contributed by atoms with Crippen LogP contribution in [0, 0.1) is 17.0 Å². The number of hydrogen-bond donors (Lipinski definition) is 2. The molecule has 0 aliphatic carbocycles. The van der Waals surface area contributed by atoms with Crippen molar-refractivity contribution in [3.63, 3.8) is 0 Å². The summed E-state index contributed by atoms with van der Waals surface area (Å²) in [5, 5.41) is 10.5. The Labute approximate surface area is 235 Å². The van der Waals surface area contributed by atoms with E-state index in [1.807, 2.05) is 0 Å². The molecule has 3 heterocycles. The molecule has 1 fully saturated rings. The molecule has 1 aromatic heterocycles. The maximum Gasteiger partial charge on any atom is 0.259 e. The third-order valence-corrected chi connectivity index (χ3v) is 7.50. The number of likely N-dealkylation sites (N-methyl/N-ethyl adjacent to an activating group) is 1. The van der Waals surface area contributed by atoms with Gasteiger partial charge in [0.05, 0.1) is 24.5 Å². The quantitative estimate of drug-likeness (QED) is 0.397. The van der Waals surface area contributed by atoms with Crippen LogP contribution in [0.2, 0.25) is 0 Å². The highest BCUT2D eigenvalue weighted by molar-refractivity contribution is 6.13. The number of piperidine rings is 1. The molecule has 2 aliphatic rings. The van der Waals surface area contributed by atoms with Crippen molar-refractivity contribution in [3.8, 4) is 0 Å². The fraction of sp³-hybridized carbons (Fsp3) is 0.464. The molecule has 41 heavy (non-hydrogen) atoms. The third-order valence-electron chi connectivity index (χ3n) is 7.50. The second kappa shape index (κ2) is 12.4. The van der Waals surface area contributed by atoms with Crippen molar-refractivity contribution in [2.24, 2.45) is 10.5 Å². The van der Waals surface area contributed by atoms with Crippen LogP contribution in [0.1, 0.15) is 31.5 Å². The molecule has 2 aliphatic heterocycles. The number of hydrogen-bond acceptors (Lipinski definition) is 7. The largest absolute Gasteiger partial charge is 0.374 e. The molecule has 1 aromatic carbocycles. The van der Waals surface area contributed by atoms with Crippen molar-refractivity contribution in [2.75, 3.05) is 33.5 Å². The normalized spacial score (nSPS) is 19.6. The highest BCUT2D eigenvalue weighted by atomic mass is 19.1. The van der Waals surface area contributed by atoms with Crippen LogP contribution in [0.25, 0.3) is 0 Å². The first kappa shape index (κ1) is 30.1. The molecule has 3 amide bonds. The van der Waals surface area contributed by atoms with Crippen molar-refractivity contribution in [3.05, 3.63) is 65.5 Å². The zero-order valence-corrected chi connectivity index (χ0v) is 23.1. The first-order chi connectivity index (χ1) is 19.5. The van der Waals surface area contributed by atoms with E-state index >= 15 is 0 Å². The van der Waals surface area contributed by atoms with Gasteiger partial charge in [-0.05, 0) is 39.1 Å². The minimum absolute atomic E-state index is 0.0792. The number of aromatic nitrogens is 1. The van der Waals surface area contributed by atoms with E-state index in [4.69, 9.17) is 4.74 Å². The van der Waals surface area contributed by atoms with Crippen molar-refractivity contribution < 1.29 is 32.3 Å². The molecule has 4 rings (SSSR count). The Kier molecular flexibility index (Phi) is 9.08. The van der Waals surface area contributed by atoms with Crippen molar-refractivity contribution in [1.29, 1.82) is 0 Å². The van der Waals surface area contributed by atoms with Crippen LogP contribution in [-0.4, -0.2) is 83.4 Å². The molecular formula is C28H33F3N6O4. The number of likely N-dealkylation sites (tertiary alicyclic amines) is 1. The van der Waals surface area contributed by atoms with Crippen molar-refractivity contribution >= 4 is 23.4 Å². The fourth-order valence-electron chi connectivity index (χ4n) is 4.84. The van der Waals surface area contributed by atoms with Gasteiger partial charge >= 0.3 is 0 Å². The number of benzene rings is 1. The van der Waals surface area contributed by atoms with Crippen LogP contribution in [-0.2, 0) is 32.1 Å². The van der Waals surface area contributed by atoms with Gasteiger partial charge in [-0.15, -0.1) is 0 Å². The van der Waals surface area contributed by atoms with Crippen molar-refractivity contribution in [2.45, 2.75) is 44.9 Å². The number of rotatable bonds is 11. The Morgan fingerprint density at radius 1 is 1.22 bits per heavy atom. The van der Waals surface area contributed by atoms with E-state index in [0.717, 1.165) is 17.1 Å². The number of nitrogens with one attached hydrogen (secondary N) is 2. The van der Waals surface area contributed by atoms with Gasteiger partial charge in [-0.25, -0.2) is 18.2 Å². The maximum absolute atomic E-state index is 14.1. The fourth-order valence-corrected chi connectivity index (χ4v) is 4.84. The SMILES string of the molecule is CNC(C)(C)C(=O)NC(COCc1ccc(F)cc1F)C(=O)N1CCC2=NN(CF)C(=O)C2(Cc2ccccn2)C1. The van der Waals surface area contributed by atoms with Crippen LogP contribution in [0.3, 0.4) is 0 Å². The first-order valence-corrected chi connectivity index (χ1v) is 13.2. The molecule has 2 N–H and O–H groups in total. The molecule has 0 saturated carbocycles. The zero-order chi connectivity index (χ0) is 29.8. The highest BCUT2D eigenvalue weighted by Gasteiger charge is 2.55. The summed E-state index contributed by atoms with van der Waals surface area (Å²) in [6.45, 7) is 1.63. The number of carbonyl (C=O) groups excluding carboxylic acids is 3. The number of fused-ring (bicyclic) bond motifs is 1. The van der Waals surface area contributed by atoms with E-state index in [2.05, 4.69) is 20.7 Å². The van der Waals surface area contributed by atoms with Crippen molar-refractivity contribution in [1.82, 2.24) is 25.5 Å². The molecule has 2 atom stereocenters. The molecule has 0 spiro atoms. The van der Waals surface area contributed by atoms with E-state index in [9.17, 15) is 27.6 Å². The number of carbonyl (C=O) groups is 3. The standard InChI is InChI=1S/C28H33F3N6O4/c1-27(2,32-3)25(39)34-22(15-41-14-18-7-8-19(30)12-21(18)31)24(38)36-11-9-23-28(16-36,26(40)37(17-29)35-23)13-20-6-4-5-10-33-20/h4-8,10,12,22,32H,9,11,13-17H2,1-3H3,(H,34,39). The van der Waals surface area contributed by atoms with Crippen LogP contribution >= 0.6 is 0 Å². The number of alkyl halides is 1. The molecule has 0 bridgehead atoms. The molecule has 13 heteroatoms. The van der Waals surface area contributed by atoms with Gasteiger partial charge in [0.1, 0.15) is 23.1 Å². The molecule has 2 unspecified atom stereocenters. The number of hydrazone groups is 1.